The van der Waals surface area contributed by atoms with E-state index in [1.807, 2.05) is 24.3 Å². The van der Waals surface area contributed by atoms with Crippen molar-refractivity contribution in [3.63, 3.8) is 0 Å². The van der Waals surface area contributed by atoms with Gasteiger partial charge in [-0.15, -0.1) is 0 Å². The largest absolute Gasteiger partial charge is 0.518 e. The van der Waals surface area contributed by atoms with E-state index in [0.29, 0.717) is 68.5 Å². The highest BCUT2D eigenvalue weighted by Gasteiger charge is 2.46. The van der Waals surface area contributed by atoms with Gasteiger partial charge in [0.2, 0.25) is 35.4 Å². The number of cyclic esters (lactones) is 1. The number of fused-ring (bicyclic) bond motifs is 8. The molecule has 2 aromatic heterocycles. The first kappa shape index (κ1) is 59.3. The Labute approximate surface area is 491 Å². The molecule has 446 valence electrons. The van der Waals surface area contributed by atoms with E-state index in [4.69, 9.17) is 19.2 Å². The number of aromatic nitrogens is 2. The number of alkyl carbamates (subject to hydrolysis) is 1. The number of rotatable bonds is 20. The number of aliphatic hydroxyl groups is 1. The van der Waals surface area contributed by atoms with E-state index in [2.05, 4.69) is 37.2 Å². The van der Waals surface area contributed by atoms with Gasteiger partial charge in [0, 0.05) is 53.1 Å². The zero-order valence-electron chi connectivity index (χ0n) is 47.2. The van der Waals surface area contributed by atoms with Crippen molar-refractivity contribution < 1.29 is 66.9 Å². The highest BCUT2D eigenvalue weighted by molar-refractivity contribution is 5.96. The van der Waals surface area contributed by atoms with E-state index in [9.17, 15) is 53.1 Å². The molecule has 4 heterocycles. The first-order valence-electron chi connectivity index (χ1n) is 28.3. The lowest BCUT2D eigenvalue weighted by atomic mass is 9.81. The lowest BCUT2D eigenvalue weighted by Crippen LogP contribution is -2.52. The van der Waals surface area contributed by atoms with E-state index in [-0.39, 0.29) is 62.9 Å². The van der Waals surface area contributed by atoms with Crippen LogP contribution in [0, 0.1) is 12.7 Å². The Balaban J connectivity index is 0.678. The molecule has 0 saturated heterocycles. The molecule has 6 aromatic rings. The average Bonchev–Trinajstić information content (AvgIpc) is 1.53. The number of ether oxygens (including phenoxy) is 3. The average molecular weight is 1180 g/mol. The fourth-order valence-corrected chi connectivity index (χ4v) is 11.6. The van der Waals surface area contributed by atoms with Crippen molar-refractivity contribution in [2.24, 2.45) is 0 Å². The Morgan fingerprint density at radius 2 is 1.44 bits per heavy atom. The minimum absolute atomic E-state index is 0.0122. The van der Waals surface area contributed by atoms with E-state index in [1.54, 1.807) is 81.4 Å². The summed E-state index contributed by atoms with van der Waals surface area (Å²) >= 11 is 0. The number of nitrogens with one attached hydrogen (secondary N) is 7. The van der Waals surface area contributed by atoms with Crippen LogP contribution in [0.15, 0.2) is 95.8 Å². The summed E-state index contributed by atoms with van der Waals surface area (Å²) < 4.78 is 32.4. The van der Waals surface area contributed by atoms with Crippen molar-refractivity contribution in [3.8, 4) is 22.5 Å². The Morgan fingerprint density at radius 3 is 2.15 bits per heavy atom. The third-order valence-electron chi connectivity index (χ3n) is 16.0. The number of carbonyl (C=O) groups excluding carboxylic acids is 9. The fourth-order valence-electron chi connectivity index (χ4n) is 11.6. The second-order valence-electron chi connectivity index (χ2n) is 21.4. The second kappa shape index (κ2) is 25.2. The van der Waals surface area contributed by atoms with Crippen molar-refractivity contribution in [1.82, 2.24) is 46.8 Å². The highest BCUT2D eigenvalue weighted by atomic mass is 19.1. The van der Waals surface area contributed by atoms with Gasteiger partial charge in [0.1, 0.15) is 31.1 Å². The quantitative estimate of drug-likeness (QED) is 0.0304. The molecule has 86 heavy (non-hydrogen) atoms. The maximum absolute atomic E-state index is 15.5. The van der Waals surface area contributed by atoms with E-state index in [1.165, 1.54) is 10.6 Å². The van der Waals surface area contributed by atoms with Crippen LogP contribution in [-0.4, -0.2) is 107 Å². The summed E-state index contributed by atoms with van der Waals surface area (Å²) in [6.07, 6.45) is -2.39. The molecule has 10 rings (SSSR count). The van der Waals surface area contributed by atoms with E-state index < -0.39 is 115 Å². The predicted molar refractivity (Wildman–Crippen MR) is 306 cm³/mol. The topological polar surface area (TPSA) is 321 Å². The van der Waals surface area contributed by atoms with Gasteiger partial charge in [0.25, 0.3) is 5.56 Å². The molecule has 23 nitrogen and oxygen atoms in total. The van der Waals surface area contributed by atoms with Crippen LogP contribution in [0.25, 0.3) is 33.4 Å². The molecule has 7 amide bonds. The molecular weight excluding hydrogens is 1110 g/mol. The van der Waals surface area contributed by atoms with Crippen LogP contribution in [-0.2, 0) is 79.4 Å². The van der Waals surface area contributed by atoms with Crippen LogP contribution >= 0.6 is 0 Å². The summed E-state index contributed by atoms with van der Waals surface area (Å²) in [5, 5.41) is 30.1. The van der Waals surface area contributed by atoms with Crippen LogP contribution in [0.4, 0.5) is 14.0 Å². The molecule has 24 heteroatoms. The molecular formula is C62H62FN9O14. The maximum Gasteiger partial charge on any atom is 0.518 e. The maximum atomic E-state index is 15.5. The van der Waals surface area contributed by atoms with Crippen LogP contribution in [0.2, 0.25) is 0 Å². The van der Waals surface area contributed by atoms with Gasteiger partial charge in [-0.3, -0.25) is 33.6 Å². The van der Waals surface area contributed by atoms with Crippen molar-refractivity contribution in [1.29, 1.82) is 0 Å². The van der Waals surface area contributed by atoms with Gasteiger partial charge in [-0.25, -0.2) is 23.8 Å². The number of carbonyl (C=O) groups is 9. The molecule has 0 fully saturated rings. The molecule has 0 unspecified atom stereocenters. The third kappa shape index (κ3) is 12.1. The number of nitrogens with zero attached hydrogens (tertiary/aromatic N) is 2. The number of hydrogen-bond donors (Lipinski definition) is 8. The first-order valence-corrected chi connectivity index (χ1v) is 28.3. The van der Waals surface area contributed by atoms with Crippen molar-refractivity contribution in [2.45, 2.75) is 109 Å². The van der Waals surface area contributed by atoms with Crippen LogP contribution in [0.1, 0.15) is 108 Å². The number of benzene rings is 4. The van der Waals surface area contributed by atoms with Gasteiger partial charge in [0.15, 0.2) is 11.7 Å². The zero-order chi connectivity index (χ0) is 61.0. The molecule has 4 atom stereocenters. The zero-order valence-corrected chi connectivity index (χ0v) is 47.2. The third-order valence-corrected chi connectivity index (χ3v) is 16.0. The summed E-state index contributed by atoms with van der Waals surface area (Å²) in [4.78, 5) is 136. The van der Waals surface area contributed by atoms with Crippen molar-refractivity contribution in [2.75, 3.05) is 26.2 Å². The van der Waals surface area contributed by atoms with Gasteiger partial charge in [-0.05, 0) is 78.5 Å². The molecule has 0 bridgehead atoms. The van der Waals surface area contributed by atoms with Gasteiger partial charge < -0.3 is 61.1 Å². The summed E-state index contributed by atoms with van der Waals surface area (Å²) in [5.41, 5.74) is 4.98. The van der Waals surface area contributed by atoms with Crippen LogP contribution < -0.4 is 42.8 Å². The van der Waals surface area contributed by atoms with Crippen molar-refractivity contribution in [3.05, 3.63) is 157 Å². The number of halogens is 1. The van der Waals surface area contributed by atoms with Crippen molar-refractivity contribution >= 4 is 64.6 Å². The van der Waals surface area contributed by atoms with Crippen LogP contribution in [0.3, 0.4) is 0 Å². The minimum Gasteiger partial charge on any atom is -0.458 e. The second-order valence-corrected chi connectivity index (χ2v) is 21.4. The molecule has 0 saturated carbocycles. The molecule has 2 aliphatic heterocycles. The summed E-state index contributed by atoms with van der Waals surface area (Å²) in [6.45, 7) is 2.97. The smallest absolute Gasteiger partial charge is 0.458 e. The number of esters is 1. The molecule has 8 N–H and O–H groups in total. The first-order chi connectivity index (χ1) is 41.4. The minimum atomic E-state index is -2.06. The molecule has 4 aromatic carbocycles. The summed E-state index contributed by atoms with van der Waals surface area (Å²) in [7, 11) is 0. The van der Waals surface area contributed by atoms with Crippen LogP contribution in [0.5, 0.6) is 0 Å². The van der Waals surface area contributed by atoms with E-state index >= 15 is 4.39 Å². The summed E-state index contributed by atoms with van der Waals surface area (Å²) in [5.74, 6) is -5.21. The number of aryl methyl sites for hydroxylation is 1. The Bertz CT molecular complexity index is 3790. The SMILES string of the molecule is CC[C@H](NC(=O)CCCNC(=O)CNC(=O)[C@H](Cc1ccccc1)NC(=O)CNC(=O)CNC(=O)OC(=O)OC1c2ccccc2-c2ccccc21)C(=O)N[C@H]1CCc2c(C)c(F)cc3nc4c(c1c23)Cn1c-4cc2c(c1=O)COC(=O)[C@]2(O)CC. The number of hydrogen-bond acceptors (Lipinski definition) is 15. The van der Waals surface area contributed by atoms with Gasteiger partial charge in [-0.2, -0.15) is 0 Å². The van der Waals surface area contributed by atoms with Gasteiger partial charge in [0.05, 0.1) is 48.1 Å². The number of pyridine rings is 2. The van der Waals surface area contributed by atoms with Gasteiger partial charge in [-0.1, -0.05) is 92.7 Å². The normalized spacial score (nSPS) is 16.5. The monoisotopic (exact) mass is 1180 g/mol. The Kier molecular flexibility index (Phi) is 17.4. The molecule has 0 radical (unpaired) electrons. The lowest BCUT2D eigenvalue weighted by molar-refractivity contribution is -0.172. The fraction of sp³-hybridized carbons (Fsp3) is 0.339. The number of amides is 7. The lowest BCUT2D eigenvalue weighted by Gasteiger charge is -2.31. The summed E-state index contributed by atoms with van der Waals surface area (Å²) in [6, 6.07) is 23.4. The highest BCUT2D eigenvalue weighted by Crippen LogP contribution is 2.47. The predicted octanol–water partition coefficient (Wildman–Crippen LogP) is 4.01. The molecule has 2 aliphatic carbocycles. The van der Waals surface area contributed by atoms with E-state index in [0.717, 1.165) is 16.7 Å². The Morgan fingerprint density at radius 1 is 0.779 bits per heavy atom. The molecule has 0 spiro atoms. The standard InChI is InChI=1S/C62H62FN9O14/c1-4-43(57(78)71-44-22-21-34-32(3)42(63)26-45-52(34)53(44)39-30-72-47(54(39)70-45)25-41-40(58(72)79)31-84-59(80)62(41,83)5-2)68-48(73)20-13-23-64-49(74)27-66-56(77)46(24-33-14-7-6-8-15-33)69-51(76)29-65-50(75)28-67-60(81)86-61(82)85-55-37-18-11-9-16-35(37)36-17-10-12-19-38(36)55/h6-12,14-19,25-26,43-44,46,55,83H,4-5,13,20-24,27-31H2,1-3H3,(H,64,74)(H,65,75)(H,66,77)(H,67,81)(H,68,73)(H,69,76)(H,71,78)/t43-,44-,46-,62-/m0/s1. The Hall–Kier alpha value is -9.84. The molecule has 4 aliphatic rings. The van der Waals surface area contributed by atoms with Gasteiger partial charge >= 0.3 is 18.2 Å².